The van der Waals surface area contributed by atoms with Gasteiger partial charge in [0, 0.05) is 10.7 Å². The number of nitrogens with zero attached hydrogens (tertiary/aromatic N) is 1. The molecule has 0 fully saturated rings. The monoisotopic (exact) mass is 225 g/mol. The lowest BCUT2D eigenvalue weighted by Crippen LogP contribution is -1.73. The Morgan fingerprint density at radius 1 is 1.44 bits per heavy atom. The van der Waals surface area contributed by atoms with Gasteiger partial charge in [0.15, 0.2) is 0 Å². The van der Waals surface area contributed by atoms with Gasteiger partial charge in [0.2, 0.25) is 0 Å². The Hall–Kier alpha value is 0.210. The fourth-order valence-electron chi connectivity index (χ4n) is 0.391. The summed E-state index contributed by atoms with van der Waals surface area (Å²) in [5.74, 6) is 0. The Kier molecular flexibility index (Phi) is 2.33. The van der Waals surface area contributed by atoms with E-state index in [1.54, 1.807) is 6.07 Å². The topological polar surface area (TPSA) is 12.9 Å². The number of halogens is 3. The van der Waals surface area contributed by atoms with E-state index in [0.717, 1.165) is 4.47 Å². The standard InChI is InChI=1S/C5H2BrCl2N/c6-3-1-5(8)9-2-4(3)7/h1-2H. The molecule has 0 amide bonds. The van der Waals surface area contributed by atoms with Crippen LogP contribution < -0.4 is 0 Å². The second kappa shape index (κ2) is 2.86. The van der Waals surface area contributed by atoms with Gasteiger partial charge in [-0.2, -0.15) is 0 Å². The molecule has 4 heteroatoms. The van der Waals surface area contributed by atoms with Gasteiger partial charge in [-0.3, -0.25) is 0 Å². The molecule has 0 aliphatic rings. The molecule has 1 nitrogen and oxygen atoms in total. The van der Waals surface area contributed by atoms with Crippen molar-refractivity contribution in [3.8, 4) is 0 Å². The van der Waals surface area contributed by atoms with Gasteiger partial charge in [-0.25, -0.2) is 4.98 Å². The van der Waals surface area contributed by atoms with E-state index in [1.807, 2.05) is 0 Å². The van der Waals surface area contributed by atoms with E-state index in [4.69, 9.17) is 23.2 Å². The number of hydrogen-bond acceptors (Lipinski definition) is 1. The molecule has 0 radical (unpaired) electrons. The van der Waals surface area contributed by atoms with E-state index in [-0.39, 0.29) is 0 Å². The molecule has 0 aromatic carbocycles. The average Bonchev–Trinajstić information content (AvgIpc) is 1.80. The molecule has 48 valence electrons. The molecule has 0 atom stereocenters. The maximum Gasteiger partial charge on any atom is 0.130 e. The van der Waals surface area contributed by atoms with E-state index in [9.17, 15) is 0 Å². The van der Waals surface area contributed by atoms with Gasteiger partial charge in [-0.05, 0) is 22.0 Å². The van der Waals surface area contributed by atoms with E-state index < -0.39 is 0 Å². The zero-order chi connectivity index (χ0) is 6.85. The molecular weight excluding hydrogens is 225 g/mol. The smallest absolute Gasteiger partial charge is 0.130 e. The summed E-state index contributed by atoms with van der Waals surface area (Å²) in [6, 6.07) is 1.64. The zero-order valence-corrected chi connectivity index (χ0v) is 7.33. The van der Waals surface area contributed by atoms with Crippen molar-refractivity contribution in [2.45, 2.75) is 0 Å². The number of hydrogen-bond donors (Lipinski definition) is 0. The highest BCUT2D eigenvalue weighted by Gasteiger charge is 1.95. The molecule has 0 saturated carbocycles. The molecule has 1 aromatic rings. The summed E-state index contributed by atoms with van der Waals surface area (Å²) in [7, 11) is 0. The minimum absolute atomic E-state index is 0.436. The van der Waals surface area contributed by atoms with E-state index in [1.165, 1.54) is 6.20 Å². The maximum atomic E-state index is 5.61. The molecule has 0 N–H and O–H groups in total. The summed E-state index contributed by atoms with van der Waals surface area (Å²) in [4.78, 5) is 3.74. The van der Waals surface area contributed by atoms with Crippen LogP contribution in [0.5, 0.6) is 0 Å². The van der Waals surface area contributed by atoms with Crippen LogP contribution in [0.4, 0.5) is 0 Å². The predicted molar refractivity (Wildman–Crippen MR) is 42.0 cm³/mol. The predicted octanol–water partition coefficient (Wildman–Crippen LogP) is 3.15. The van der Waals surface area contributed by atoms with Gasteiger partial charge < -0.3 is 0 Å². The van der Waals surface area contributed by atoms with Gasteiger partial charge in [0.1, 0.15) is 5.15 Å². The first-order chi connectivity index (χ1) is 4.20. The first-order valence-corrected chi connectivity index (χ1v) is 3.71. The lowest BCUT2D eigenvalue weighted by atomic mass is 10.5. The Morgan fingerprint density at radius 3 is 2.56 bits per heavy atom. The Balaban J connectivity index is 3.17. The summed E-state index contributed by atoms with van der Waals surface area (Å²) in [6.07, 6.45) is 1.49. The molecule has 9 heavy (non-hydrogen) atoms. The zero-order valence-electron chi connectivity index (χ0n) is 4.24. The van der Waals surface area contributed by atoms with Gasteiger partial charge >= 0.3 is 0 Å². The SMILES string of the molecule is Clc1cc(Br)c(Cl)cn1. The van der Waals surface area contributed by atoms with Crippen LogP contribution in [0.15, 0.2) is 16.7 Å². The van der Waals surface area contributed by atoms with Crippen molar-refractivity contribution in [3.63, 3.8) is 0 Å². The van der Waals surface area contributed by atoms with Crippen molar-refractivity contribution in [2.24, 2.45) is 0 Å². The van der Waals surface area contributed by atoms with Gasteiger partial charge in [-0.1, -0.05) is 23.2 Å². The lowest BCUT2D eigenvalue weighted by Gasteiger charge is -1.92. The van der Waals surface area contributed by atoms with Gasteiger partial charge in [0.05, 0.1) is 5.02 Å². The van der Waals surface area contributed by atoms with Crippen molar-refractivity contribution in [3.05, 3.63) is 26.9 Å². The summed E-state index contributed by atoms with van der Waals surface area (Å²) in [5, 5.41) is 1.01. The number of aromatic nitrogens is 1. The van der Waals surface area contributed by atoms with Gasteiger partial charge in [-0.15, -0.1) is 0 Å². The van der Waals surface area contributed by atoms with Crippen LogP contribution in [0.3, 0.4) is 0 Å². The molecule has 1 heterocycles. The number of pyridine rings is 1. The van der Waals surface area contributed by atoms with Crippen molar-refractivity contribution < 1.29 is 0 Å². The summed E-state index contributed by atoms with van der Waals surface area (Å²) in [5.41, 5.74) is 0. The highest BCUT2D eigenvalue weighted by atomic mass is 79.9. The largest absolute Gasteiger partial charge is 0.243 e. The molecule has 0 aliphatic carbocycles. The summed E-state index contributed by atoms with van der Waals surface area (Å²) in [6.45, 7) is 0. The lowest BCUT2D eigenvalue weighted by molar-refractivity contribution is 1.32. The highest BCUT2D eigenvalue weighted by molar-refractivity contribution is 9.10. The molecule has 0 unspecified atom stereocenters. The normalized spacial score (nSPS) is 9.67. The summed E-state index contributed by atoms with van der Waals surface area (Å²) < 4.78 is 0.768. The second-order valence-corrected chi connectivity index (χ2v) is 3.07. The minimum Gasteiger partial charge on any atom is -0.243 e. The molecule has 1 aromatic heterocycles. The first kappa shape index (κ1) is 7.32. The molecule has 0 spiro atoms. The van der Waals surface area contributed by atoms with Crippen LogP contribution in [0.25, 0.3) is 0 Å². The average molecular weight is 227 g/mol. The molecule has 0 saturated heterocycles. The maximum absolute atomic E-state index is 5.61. The number of rotatable bonds is 0. The molecular formula is C5H2BrCl2N. The van der Waals surface area contributed by atoms with Crippen LogP contribution in [0.1, 0.15) is 0 Å². The van der Waals surface area contributed by atoms with E-state index >= 15 is 0 Å². The van der Waals surface area contributed by atoms with Crippen LogP contribution in [-0.2, 0) is 0 Å². The van der Waals surface area contributed by atoms with E-state index in [2.05, 4.69) is 20.9 Å². The van der Waals surface area contributed by atoms with Crippen molar-refractivity contribution >= 4 is 39.1 Å². The third-order valence-electron chi connectivity index (χ3n) is 0.775. The Bertz CT molecular complexity index is 226. The molecule has 0 bridgehead atoms. The van der Waals surface area contributed by atoms with Crippen LogP contribution >= 0.6 is 39.1 Å². The minimum atomic E-state index is 0.436. The van der Waals surface area contributed by atoms with Crippen LogP contribution in [0.2, 0.25) is 10.2 Å². The van der Waals surface area contributed by atoms with Crippen molar-refractivity contribution in [2.75, 3.05) is 0 Å². The fraction of sp³-hybridized carbons (Fsp3) is 0. The first-order valence-electron chi connectivity index (χ1n) is 2.16. The van der Waals surface area contributed by atoms with Crippen LogP contribution in [-0.4, -0.2) is 4.98 Å². The quantitative estimate of drug-likeness (QED) is 0.620. The third kappa shape index (κ3) is 1.81. The van der Waals surface area contributed by atoms with Crippen molar-refractivity contribution in [1.29, 1.82) is 0 Å². The summed E-state index contributed by atoms with van der Waals surface area (Å²) >= 11 is 14.3. The van der Waals surface area contributed by atoms with E-state index in [0.29, 0.717) is 10.2 Å². The molecule has 1 rings (SSSR count). The fourth-order valence-corrected chi connectivity index (χ4v) is 1.10. The second-order valence-electron chi connectivity index (χ2n) is 1.42. The molecule has 0 aliphatic heterocycles. The Morgan fingerprint density at radius 2 is 2.11 bits per heavy atom. The third-order valence-corrected chi connectivity index (χ3v) is 2.17. The van der Waals surface area contributed by atoms with Crippen LogP contribution in [0, 0.1) is 0 Å². The van der Waals surface area contributed by atoms with Gasteiger partial charge in [0.25, 0.3) is 0 Å². The Labute approximate surface area is 71.1 Å². The highest BCUT2D eigenvalue weighted by Crippen LogP contribution is 2.22. The van der Waals surface area contributed by atoms with Crippen molar-refractivity contribution in [1.82, 2.24) is 4.98 Å².